The van der Waals surface area contributed by atoms with Gasteiger partial charge in [0.1, 0.15) is 12.6 Å². The van der Waals surface area contributed by atoms with Crippen molar-refractivity contribution in [1.82, 2.24) is 0 Å². The van der Waals surface area contributed by atoms with Crippen LogP contribution in [-0.2, 0) is 9.59 Å². The van der Waals surface area contributed by atoms with E-state index in [-0.39, 0.29) is 18.4 Å². The van der Waals surface area contributed by atoms with Crippen molar-refractivity contribution in [3.63, 3.8) is 0 Å². The van der Waals surface area contributed by atoms with E-state index in [2.05, 4.69) is 5.32 Å². The fourth-order valence-corrected chi connectivity index (χ4v) is 4.06. The topological polar surface area (TPSA) is 89.5 Å². The number of amides is 2. The summed E-state index contributed by atoms with van der Waals surface area (Å²) in [5, 5.41) is 2.83. The SMILES string of the molecule is COc1cc(NC(=O)CN2C(=O)[C@H](C)N=C(c3ccccc3)c3ccccc32)cc(OC)c1OC. The number of benzene rings is 3. The number of fused-ring (bicyclic) bond motifs is 1. The minimum absolute atomic E-state index is 0.186. The maximum atomic E-state index is 13.3. The van der Waals surface area contributed by atoms with E-state index in [4.69, 9.17) is 19.2 Å². The molecule has 0 saturated carbocycles. The number of benzodiazepines with no additional fused rings is 1. The number of aliphatic imine (C=N–C) groups is 1. The summed E-state index contributed by atoms with van der Waals surface area (Å²) in [5.41, 5.74) is 3.49. The van der Waals surface area contributed by atoms with E-state index in [0.717, 1.165) is 16.8 Å². The molecule has 3 aromatic rings. The Kier molecular flexibility index (Phi) is 7.01. The molecule has 8 nitrogen and oxygen atoms in total. The first-order valence-electron chi connectivity index (χ1n) is 11.1. The predicted octanol–water partition coefficient (Wildman–Crippen LogP) is 3.92. The number of rotatable bonds is 7. The van der Waals surface area contributed by atoms with Crippen molar-refractivity contribution < 1.29 is 23.8 Å². The molecule has 0 saturated heterocycles. The van der Waals surface area contributed by atoms with Crippen molar-refractivity contribution in [3.05, 3.63) is 77.9 Å². The second-order valence-electron chi connectivity index (χ2n) is 7.92. The summed E-state index contributed by atoms with van der Waals surface area (Å²) in [5.74, 6) is 0.603. The Hall–Kier alpha value is -4.33. The summed E-state index contributed by atoms with van der Waals surface area (Å²) in [7, 11) is 4.51. The van der Waals surface area contributed by atoms with Gasteiger partial charge in [-0.25, -0.2) is 0 Å². The zero-order valence-corrected chi connectivity index (χ0v) is 20.1. The van der Waals surface area contributed by atoms with Gasteiger partial charge in [0, 0.05) is 28.9 Å². The van der Waals surface area contributed by atoms with Gasteiger partial charge in [0.2, 0.25) is 11.7 Å². The molecule has 4 rings (SSSR count). The first kappa shape index (κ1) is 23.8. The van der Waals surface area contributed by atoms with Gasteiger partial charge < -0.3 is 24.4 Å². The lowest BCUT2D eigenvalue weighted by molar-refractivity contribution is -0.122. The Morgan fingerprint density at radius 3 is 2.20 bits per heavy atom. The zero-order valence-electron chi connectivity index (χ0n) is 20.1. The van der Waals surface area contributed by atoms with E-state index < -0.39 is 6.04 Å². The third-order valence-electron chi connectivity index (χ3n) is 5.69. The molecule has 3 aromatic carbocycles. The molecule has 35 heavy (non-hydrogen) atoms. The monoisotopic (exact) mass is 473 g/mol. The number of para-hydroxylation sites is 1. The fraction of sp³-hybridized carbons (Fsp3) is 0.222. The number of carbonyl (C=O) groups is 2. The van der Waals surface area contributed by atoms with Gasteiger partial charge in [0.15, 0.2) is 11.5 Å². The minimum Gasteiger partial charge on any atom is -0.493 e. The maximum absolute atomic E-state index is 13.3. The van der Waals surface area contributed by atoms with Crippen LogP contribution in [-0.4, -0.2) is 51.4 Å². The van der Waals surface area contributed by atoms with Crippen LogP contribution in [0.2, 0.25) is 0 Å². The lowest BCUT2D eigenvalue weighted by atomic mass is 10.0. The molecule has 0 aromatic heterocycles. The van der Waals surface area contributed by atoms with Crippen molar-refractivity contribution in [2.75, 3.05) is 38.1 Å². The van der Waals surface area contributed by atoms with Gasteiger partial charge in [-0.1, -0.05) is 48.5 Å². The Bertz CT molecular complexity index is 1250. The molecule has 0 unspecified atom stereocenters. The van der Waals surface area contributed by atoms with Crippen LogP contribution in [0.4, 0.5) is 11.4 Å². The van der Waals surface area contributed by atoms with E-state index in [0.29, 0.717) is 28.6 Å². The number of hydrogen-bond acceptors (Lipinski definition) is 6. The highest BCUT2D eigenvalue weighted by Crippen LogP contribution is 2.40. The Morgan fingerprint density at radius 1 is 0.943 bits per heavy atom. The normalized spacial score (nSPS) is 15.0. The number of hydrogen-bond donors (Lipinski definition) is 1. The third-order valence-corrected chi connectivity index (χ3v) is 5.69. The zero-order chi connectivity index (χ0) is 24.9. The molecule has 0 fully saturated rings. The van der Waals surface area contributed by atoms with Gasteiger partial charge in [-0.3, -0.25) is 14.6 Å². The van der Waals surface area contributed by atoms with Gasteiger partial charge in [-0.05, 0) is 13.0 Å². The van der Waals surface area contributed by atoms with Crippen LogP contribution >= 0.6 is 0 Å². The van der Waals surface area contributed by atoms with Gasteiger partial charge in [-0.2, -0.15) is 0 Å². The highest BCUT2D eigenvalue weighted by molar-refractivity contribution is 6.20. The van der Waals surface area contributed by atoms with Gasteiger partial charge in [0.05, 0.1) is 32.7 Å². The Labute approximate surface area is 204 Å². The molecule has 1 aliphatic heterocycles. The van der Waals surface area contributed by atoms with E-state index in [1.54, 1.807) is 19.1 Å². The molecule has 0 bridgehead atoms. The van der Waals surface area contributed by atoms with Crippen molar-refractivity contribution in [2.45, 2.75) is 13.0 Å². The first-order chi connectivity index (χ1) is 17.0. The van der Waals surface area contributed by atoms with Gasteiger partial charge >= 0.3 is 0 Å². The van der Waals surface area contributed by atoms with Crippen molar-refractivity contribution >= 4 is 28.9 Å². The van der Waals surface area contributed by atoms with E-state index in [1.807, 2.05) is 54.6 Å². The number of ether oxygens (including phenoxy) is 3. The predicted molar refractivity (Wildman–Crippen MR) is 135 cm³/mol. The average Bonchev–Trinajstić information content (AvgIpc) is 2.99. The second-order valence-corrected chi connectivity index (χ2v) is 7.92. The Balaban J connectivity index is 1.65. The van der Waals surface area contributed by atoms with Crippen LogP contribution in [0.1, 0.15) is 18.1 Å². The number of nitrogens with zero attached hydrogens (tertiary/aromatic N) is 2. The molecular formula is C27H27N3O5. The van der Waals surface area contributed by atoms with Gasteiger partial charge in [0.25, 0.3) is 5.91 Å². The molecule has 2 amide bonds. The molecule has 0 aliphatic carbocycles. The summed E-state index contributed by atoms with van der Waals surface area (Å²) in [6.07, 6.45) is 0. The molecule has 8 heteroatoms. The lowest BCUT2D eigenvalue weighted by Gasteiger charge is -2.24. The molecule has 0 radical (unpaired) electrons. The minimum atomic E-state index is -0.661. The maximum Gasteiger partial charge on any atom is 0.252 e. The molecule has 1 aliphatic rings. The van der Waals surface area contributed by atoms with Crippen LogP contribution in [0.15, 0.2) is 71.7 Å². The smallest absolute Gasteiger partial charge is 0.252 e. The first-order valence-corrected chi connectivity index (χ1v) is 11.1. The highest BCUT2D eigenvalue weighted by Gasteiger charge is 2.31. The molecule has 1 atom stereocenters. The number of anilines is 2. The summed E-state index contributed by atoms with van der Waals surface area (Å²) < 4.78 is 16.1. The molecule has 180 valence electrons. The van der Waals surface area contributed by atoms with Crippen LogP contribution in [0.25, 0.3) is 0 Å². The second kappa shape index (κ2) is 10.3. The summed E-state index contributed by atoms with van der Waals surface area (Å²) >= 11 is 0. The van der Waals surface area contributed by atoms with E-state index in [1.165, 1.54) is 26.2 Å². The van der Waals surface area contributed by atoms with Crippen LogP contribution in [0.5, 0.6) is 17.2 Å². The van der Waals surface area contributed by atoms with Crippen LogP contribution in [0.3, 0.4) is 0 Å². The average molecular weight is 474 g/mol. The van der Waals surface area contributed by atoms with Crippen LogP contribution < -0.4 is 24.4 Å². The van der Waals surface area contributed by atoms with Crippen LogP contribution in [0, 0.1) is 0 Å². The summed E-state index contributed by atoms with van der Waals surface area (Å²) in [6, 6.07) is 19.8. The van der Waals surface area contributed by atoms with Gasteiger partial charge in [-0.15, -0.1) is 0 Å². The standard InChI is InChI=1S/C27H27N3O5/c1-17-27(32)30(16-24(31)29-19-14-22(33-2)26(35-4)23(15-19)34-3)21-13-9-8-12-20(21)25(28-17)18-10-6-5-7-11-18/h5-15,17H,16H2,1-4H3,(H,29,31)/t17-/m0/s1. The van der Waals surface area contributed by atoms with Crippen molar-refractivity contribution in [2.24, 2.45) is 4.99 Å². The lowest BCUT2D eigenvalue weighted by Crippen LogP contribution is -2.42. The van der Waals surface area contributed by atoms with Crippen molar-refractivity contribution in [1.29, 1.82) is 0 Å². The highest BCUT2D eigenvalue weighted by atomic mass is 16.5. The Morgan fingerprint density at radius 2 is 1.57 bits per heavy atom. The molecule has 1 N–H and O–H groups in total. The quantitative estimate of drug-likeness (QED) is 0.562. The number of nitrogens with one attached hydrogen (secondary N) is 1. The summed E-state index contributed by atoms with van der Waals surface area (Å²) in [4.78, 5) is 32.6. The molecule has 0 spiro atoms. The number of carbonyl (C=O) groups excluding carboxylic acids is 2. The third kappa shape index (κ3) is 4.82. The van der Waals surface area contributed by atoms with E-state index in [9.17, 15) is 9.59 Å². The molecular weight excluding hydrogens is 446 g/mol. The summed E-state index contributed by atoms with van der Waals surface area (Å²) in [6.45, 7) is 1.55. The van der Waals surface area contributed by atoms with E-state index >= 15 is 0 Å². The fourth-order valence-electron chi connectivity index (χ4n) is 4.06. The van der Waals surface area contributed by atoms with Crippen molar-refractivity contribution in [3.8, 4) is 17.2 Å². The molecule has 1 heterocycles. The largest absolute Gasteiger partial charge is 0.493 e. The number of methoxy groups -OCH3 is 3.